The lowest BCUT2D eigenvalue weighted by Gasteiger charge is -2.32. The van der Waals surface area contributed by atoms with Crippen LogP contribution in [0.2, 0.25) is 0 Å². The van der Waals surface area contributed by atoms with Gasteiger partial charge in [-0.1, -0.05) is 18.2 Å². The number of carbonyl (C=O) groups excluding carboxylic acids is 1. The highest BCUT2D eigenvalue weighted by Crippen LogP contribution is 2.33. The smallest absolute Gasteiger partial charge is 0.228 e. The summed E-state index contributed by atoms with van der Waals surface area (Å²) in [6.07, 6.45) is 2.65. The molecule has 4 nitrogen and oxygen atoms in total. The molecule has 1 unspecified atom stereocenters. The number of benzene rings is 1. The molecule has 104 valence electrons. The van der Waals surface area contributed by atoms with Gasteiger partial charge in [-0.25, -0.2) is 0 Å². The van der Waals surface area contributed by atoms with E-state index in [1.807, 2.05) is 25.2 Å². The quantitative estimate of drug-likeness (QED) is 0.798. The molecule has 4 heteroatoms. The lowest BCUT2D eigenvalue weighted by molar-refractivity contribution is -0.119. The zero-order chi connectivity index (χ0) is 13.7. The maximum atomic E-state index is 12.0. The summed E-state index contributed by atoms with van der Waals surface area (Å²) in [7, 11) is 3.56. The highest BCUT2D eigenvalue weighted by molar-refractivity contribution is 5.96. The molecule has 1 aromatic rings. The Hall–Kier alpha value is -1.39. The molecule has 0 fully saturated rings. The molecule has 1 N–H and O–H groups in total. The van der Waals surface area contributed by atoms with E-state index < -0.39 is 0 Å². The van der Waals surface area contributed by atoms with E-state index in [1.54, 1.807) is 12.0 Å². The Morgan fingerprint density at radius 2 is 2.16 bits per heavy atom. The van der Waals surface area contributed by atoms with Crippen LogP contribution in [0.5, 0.6) is 0 Å². The first kappa shape index (κ1) is 14.0. The second kappa shape index (κ2) is 6.68. The number of carbonyl (C=O) groups is 1. The van der Waals surface area contributed by atoms with Gasteiger partial charge in [-0.2, -0.15) is 0 Å². The third-order valence-corrected chi connectivity index (χ3v) is 3.59. The molecule has 0 spiro atoms. The molecule has 0 bridgehead atoms. The lowest BCUT2D eigenvalue weighted by atomic mass is 9.96. The Morgan fingerprint density at radius 3 is 2.95 bits per heavy atom. The van der Waals surface area contributed by atoms with E-state index >= 15 is 0 Å². The lowest BCUT2D eigenvalue weighted by Crippen LogP contribution is -2.38. The van der Waals surface area contributed by atoms with Crippen molar-refractivity contribution >= 4 is 11.6 Å². The summed E-state index contributed by atoms with van der Waals surface area (Å²) in [6.45, 7) is 1.71. The van der Waals surface area contributed by atoms with Crippen LogP contribution in [0.15, 0.2) is 24.3 Å². The zero-order valence-corrected chi connectivity index (χ0v) is 11.7. The minimum Gasteiger partial charge on any atom is -0.385 e. The van der Waals surface area contributed by atoms with E-state index in [1.165, 1.54) is 5.56 Å². The van der Waals surface area contributed by atoms with Crippen LogP contribution in [-0.4, -0.2) is 33.2 Å². The Bertz CT molecular complexity index is 434. The van der Waals surface area contributed by atoms with Crippen molar-refractivity contribution in [3.05, 3.63) is 29.8 Å². The molecule has 1 amide bonds. The van der Waals surface area contributed by atoms with E-state index in [0.29, 0.717) is 6.42 Å². The first-order valence-corrected chi connectivity index (χ1v) is 6.82. The number of nitrogens with zero attached hydrogens (tertiary/aromatic N) is 1. The fourth-order valence-electron chi connectivity index (χ4n) is 2.47. The second-order valence-electron chi connectivity index (χ2n) is 4.92. The summed E-state index contributed by atoms with van der Waals surface area (Å²) in [5.41, 5.74) is 2.24. The number of ether oxygens (including phenoxy) is 1. The molecule has 1 aromatic carbocycles. The van der Waals surface area contributed by atoms with Crippen molar-refractivity contribution in [2.45, 2.75) is 25.3 Å². The van der Waals surface area contributed by atoms with Crippen LogP contribution in [0.4, 0.5) is 5.69 Å². The normalized spacial score (nSPS) is 18.5. The van der Waals surface area contributed by atoms with Gasteiger partial charge in [-0.15, -0.1) is 0 Å². The fourth-order valence-corrected chi connectivity index (χ4v) is 2.47. The van der Waals surface area contributed by atoms with E-state index in [2.05, 4.69) is 11.4 Å². The van der Waals surface area contributed by atoms with E-state index in [9.17, 15) is 4.79 Å². The molecular formula is C15H22N2O2. The summed E-state index contributed by atoms with van der Waals surface area (Å²) < 4.78 is 5.03. The molecule has 1 aliphatic heterocycles. The topological polar surface area (TPSA) is 41.6 Å². The maximum absolute atomic E-state index is 12.0. The van der Waals surface area contributed by atoms with Crippen LogP contribution in [0.25, 0.3) is 0 Å². The fraction of sp³-hybridized carbons (Fsp3) is 0.533. The molecule has 0 aromatic heterocycles. The standard InChI is InChI=1S/C15H22N2O2/c1-17-14-8-4-3-7-12(14)13(11-15(17)18)16-9-5-6-10-19-2/h3-4,7-8,13,16H,5-6,9-11H2,1-2H3. The number of amides is 1. The zero-order valence-electron chi connectivity index (χ0n) is 11.7. The van der Waals surface area contributed by atoms with Crippen molar-refractivity contribution in [3.63, 3.8) is 0 Å². The van der Waals surface area contributed by atoms with Crippen molar-refractivity contribution in [2.75, 3.05) is 32.2 Å². The Balaban J connectivity index is 1.98. The van der Waals surface area contributed by atoms with Gasteiger partial charge in [-0.05, 0) is 31.0 Å². The number of rotatable bonds is 6. The second-order valence-corrected chi connectivity index (χ2v) is 4.92. The van der Waals surface area contributed by atoms with Crippen LogP contribution in [0, 0.1) is 0 Å². The summed E-state index contributed by atoms with van der Waals surface area (Å²) >= 11 is 0. The predicted octanol–water partition coefficient (Wildman–Crippen LogP) is 2.11. The van der Waals surface area contributed by atoms with Crippen LogP contribution >= 0.6 is 0 Å². The Labute approximate surface area is 114 Å². The van der Waals surface area contributed by atoms with Gasteiger partial charge >= 0.3 is 0 Å². The van der Waals surface area contributed by atoms with Gasteiger partial charge in [0.2, 0.25) is 5.91 Å². The van der Waals surface area contributed by atoms with Gasteiger partial charge in [0.05, 0.1) is 0 Å². The number of hydrogen-bond donors (Lipinski definition) is 1. The molecule has 0 saturated carbocycles. The molecule has 0 aliphatic carbocycles. The Morgan fingerprint density at radius 1 is 1.37 bits per heavy atom. The van der Waals surface area contributed by atoms with Gasteiger partial charge in [0.25, 0.3) is 0 Å². The minimum absolute atomic E-state index is 0.141. The van der Waals surface area contributed by atoms with Crippen molar-refractivity contribution in [3.8, 4) is 0 Å². The third-order valence-electron chi connectivity index (χ3n) is 3.59. The molecule has 0 radical (unpaired) electrons. The average molecular weight is 262 g/mol. The summed E-state index contributed by atoms with van der Waals surface area (Å²) in [4.78, 5) is 13.7. The predicted molar refractivity (Wildman–Crippen MR) is 76.3 cm³/mol. The number of hydrogen-bond acceptors (Lipinski definition) is 3. The van der Waals surface area contributed by atoms with Gasteiger partial charge in [0.15, 0.2) is 0 Å². The highest BCUT2D eigenvalue weighted by Gasteiger charge is 2.28. The largest absolute Gasteiger partial charge is 0.385 e. The highest BCUT2D eigenvalue weighted by atomic mass is 16.5. The number of methoxy groups -OCH3 is 1. The molecule has 0 saturated heterocycles. The molecular weight excluding hydrogens is 240 g/mol. The van der Waals surface area contributed by atoms with Gasteiger partial charge in [-0.3, -0.25) is 4.79 Å². The average Bonchev–Trinajstić information content (AvgIpc) is 2.44. The SMILES string of the molecule is COCCCCNC1CC(=O)N(C)c2ccccc21. The Kier molecular flexibility index (Phi) is 4.93. The molecule has 1 heterocycles. The van der Waals surface area contributed by atoms with Gasteiger partial charge in [0.1, 0.15) is 0 Å². The maximum Gasteiger partial charge on any atom is 0.228 e. The number of nitrogens with one attached hydrogen (secondary N) is 1. The van der Waals surface area contributed by atoms with Crippen molar-refractivity contribution < 1.29 is 9.53 Å². The molecule has 2 rings (SSSR count). The number of fused-ring (bicyclic) bond motifs is 1. The van der Waals surface area contributed by atoms with E-state index in [-0.39, 0.29) is 11.9 Å². The van der Waals surface area contributed by atoms with Crippen LogP contribution in [0.3, 0.4) is 0 Å². The van der Waals surface area contributed by atoms with Gasteiger partial charge in [0, 0.05) is 38.9 Å². The summed E-state index contributed by atoms with van der Waals surface area (Å²) in [5.74, 6) is 0.174. The first-order chi connectivity index (χ1) is 9.24. The van der Waals surface area contributed by atoms with E-state index in [4.69, 9.17) is 4.74 Å². The van der Waals surface area contributed by atoms with E-state index in [0.717, 1.165) is 31.7 Å². The van der Waals surface area contributed by atoms with Crippen LogP contribution in [-0.2, 0) is 9.53 Å². The van der Waals surface area contributed by atoms with Crippen molar-refractivity contribution in [1.29, 1.82) is 0 Å². The summed E-state index contributed by atoms with van der Waals surface area (Å²) in [6, 6.07) is 8.25. The van der Waals surface area contributed by atoms with Crippen molar-refractivity contribution in [1.82, 2.24) is 5.32 Å². The third kappa shape index (κ3) is 3.33. The van der Waals surface area contributed by atoms with Gasteiger partial charge < -0.3 is 15.0 Å². The number of para-hydroxylation sites is 1. The molecule has 1 aliphatic rings. The van der Waals surface area contributed by atoms with Crippen LogP contribution in [0.1, 0.15) is 30.9 Å². The molecule has 19 heavy (non-hydrogen) atoms. The first-order valence-electron chi connectivity index (χ1n) is 6.82. The summed E-state index contributed by atoms with van der Waals surface area (Å²) in [5, 5.41) is 3.48. The number of unbranched alkanes of at least 4 members (excludes halogenated alkanes) is 1. The molecule has 1 atom stereocenters. The monoisotopic (exact) mass is 262 g/mol. The number of anilines is 1. The van der Waals surface area contributed by atoms with Crippen LogP contribution < -0.4 is 10.2 Å². The van der Waals surface area contributed by atoms with Crippen molar-refractivity contribution in [2.24, 2.45) is 0 Å². The minimum atomic E-state index is 0.141.